The molecular formula is C12H20N2O2. The van der Waals surface area contributed by atoms with E-state index in [-0.39, 0.29) is 5.92 Å². The first-order chi connectivity index (χ1) is 7.27. The van der Waals surface area contributed by atoms with Crippen LogP contribution in [0.25, 0.3) is 0 Å². The van der Waals surface area contributed by atoms with E-state index in [1.54, 1.807) is 11.6 Å². The highest BCUT2D eigenvalue weighted by Crippen LogP contribution is 2.31. The van der Waals surface area contributed by atoms with Gasteiger partial charge < -0.3 is 5.11 Å². The molecule has 0 aliphatic carbocycles. The summed E-state index contributed by atoms with van der Waals surface area (Å²) in [6.45, 7) is 7.59. The van der Waals surface area contributed by atoms with E-state index in [0.29, 0.717) is 6.42 Å². The Balaban J connectivity index is 3.01. The Kier molecular flexibility index (Phi) is 3.41. The molecule has 0 saturated heterocycles. The molecule has 1 heterocycles. The van der Waals surface area contributed by atoms with Crippen molar-refractivity contribution in [2.75, 3.05) is 0 Å². The maximum atomic E-state index is 11.4. The fourth-order valence-corrected chi connectivity index (χ4v) is 1.73. The maximum absolute atomic E-state index is 11.4. The first-order valence-corrected chi connectivity index (χ1v) is 5.50. The first-order valence-electron chi connectivity index (χ1n) is 5.50. The molecule has 16 heavy (non-hydrogen) atoms. The second-order valence-electron chi connectivity index (χ2n) is 4.95. The van der Waals surface area contributed by atoms with Crippen LogP contribution in [0.3, 0.4) is 0 Å². The van der Waals surface area contributed by atoms with Gasteiger partial charge in [0, 0.05) is 19.2 Å². The van der Waals surface area contributed by atoms with Crippen LogP contribution in [0.5, 0.6) is 0 Å². The van der Waals surface area contributed by atoms with Crippen LogP contribution in [0.2, 0.25) is 0 Å². The van der Waals surface area contributed by atoms with Gasteiger partial charge in [-0.05, 0) is 25.8 Å². The van der Waals surface area contributed by atoms with E-state index < -0.39 is 11.4 Å². The number of carboxylic acid groups (broad SMARTS) is 1. The van der Waals surface area contributed by atoms with Gasteiger partial charge in [-0.3, -0.25) is 9.48 Å². The van der Waals surface area contributed by atoms with Crippen molar-refractivity contribution in [3.05, 3.63) is 17.5 Å². The van der Waals surface area contributed by atoms with Gasteiger partial charge in [0.05, 0.1) is 11.1 Å². The number of hydrogen-bond acceptors (Lipinski definition) is 2. The van der Waals surface area contributed by atoms with E-state index in [9.17, 15) is 9.90 Å². The van der Waals surface area contributed by atoms with Crippen LogP contribution in [0.4, 0.5) is 0 Å². The van der Waals surface area contributed by atoms with Gasteiger partial charge in [-0.15, -0.1) is 0 Å². The zero-order valence-electron chi connectivity index (χ0n) is 10.6. The van der Waals surface area contributed by atoms with Crippen molar-refractivity contribution in [3.63, 3.8) is 0 Å². The Bertz CT molecular complexity index is 396. The van der Waals surface area contributed by atoms with Gasteiger partial charge in [0.25, 0.3) is 0 Å². The highest BCUT2D eigenvalue weighted by Gasteiger charge is 2.37. The number of aryl methyl sites for hydroxylation is 2. The molecule has 0 aromatic carbocycles. The predicted molar refractivity (Wildman–Crippen MR) is 62.2 cm³/mol. The topological polar surface area (TPSA) is 55.1 Å². The third kappa shape index (κ3) is 2.26. The highest BCUT2D eigenvalue weighted by molar-refractivity contribution is 5.74. The molecule has 90 valence electrons. The quantitative estimate of drug-likeness (QED) is 0.851. The summed E-state index contributed by atoms with van der Waals surface area (Å²) in [5.41, 5.74) is 1.16. The second-order valence-corrected chi connectivity index (χ2v) is 4.95. The summed E-state index contributed by atoms with van der Waals surface area (Å²) in [5, 5.41) is 13.6. The molecular weight excluding hydrogens is 204 g/mol. The Morgan fingerprint density at radius 2 is 2.19 bits per heavy atom. The van der Waals surface area contributed by atoms with Crippen LogP contribution < -0.4 is 0 Å². The van der Waals surface area contributed by atoms with Gasteiger partial charge in [-0.2, -0.15) is 5.10 Å². The lowest BCUT2D eigenvalue weighted by Gasteiger charge is -2.28. The van der Waals surface area contributed by atoms with Crippen molar-refractivity contribution in [2.24, 2.45) is 18.4 Å². The van der Waals surface area contributed by atoms with E-state index >= 15 is 0 Å². The molecule has 0 fully saturated rings. The van der Waals surface area contributed by atoms with E-state index in [1.165, 1.54) is 0 Å². The molecule has 0 radical (unpaired) electrons. The fourth-order valence-electron chi connectivity index (χ4n) is 1.73. The average Bonchev–Trinajstić information content (AvgIpc) is 2.44. The van der Waals surface area contributed by atoms with Crippen LogP contribution >= 0.6 is 0 Å². The predicted octanol–water partition coefficient (Wildman–Crippen LogP) is 2.02. The summed E-state index contributed by atoms with van der Waals surface area (Å²) >= 11 is 0. The number of nitrogens with zero attached hydrogens (tertiary/aromatic N) is 2. The number of aromatic nitrogens is 2. The van der Waals surface area contributed by atoms with Crippen molar-refractivity contribution >= 4 is 5.97 Å². The van der Waals surface area contributed by atoms with Crippen molar-refractivity contribution in [2.45, 2.75) is 34.1 Å². The minimum atomic E-state index is -0.749. The highest BCUT2D eigenvalue weighted by atomic mass is 16.4. The molecule has 4 nitrogen and oxygen atoms in total. The third-order valence-corrected chi connectivity index (χ3v) is 3.41. The zero-order chi connectivity index (χ0) is 12.5. The standard InChI is InChI=1S/C12H20N2O2/c1-8(2)12(4,11(15)16)7-10-6-9(3)13-14(10)5/h6,8H,7H2,1-5H3,(H,15,16). The van der Waals surface area contributed by atoms with Gasteiger partial charge in [-0.1, -0.05) is 13.8 Å². The number of rotatable bonds is 4. The van der Waals surface area contributed by atoms with Crippen molar-refractivity contribution in [1.29, 1.82) is 0 Å². The molecule has 0 aliphatic heterocycles. The summed E-state index contributed by atoms with van der Waals surface area (Å²) < 4.78 is 1.76. The summed E-state index contributed by atoms with van der Waals surface area (Å²) in [6, 6.07) is 1.95. The molecule has 1 aromatic rings. The lowest BCUT2D eigenvalue weighted by molar-refractivity contribution is -0.150. The molecule has 4 heteroatoms. The van der Waals surface area contributed by atoms with Crippen molar-refractivity contribution < 1.29 is 9.90 Å². The largest absolute Gasteiger partial charge is 0.481 e. The van der Waals surface area contributed by atoms with Gasteiger partial charge in [-0.25, -0.2) is 0 Å². The zero-order valence-corrected chi connectivity index (χ0v) is 10.6. The van der Waals surface area contributed by atoms with E-state index in [2.05, 4.69) is 5.10 Å². The number of hydrogen-bond donors (Lipinski definition) is 1. The molecule has 0 saturated carbocycles. The minimum Gasteiger partial charge on any atom is -0.481 e. The lowest BCUT2D eigenvalue weighted by atomic mass is 9.75. The molecule has 1 N–H and O–H groups in total. The van der Waals surface area contributed by atoms with Crippen LogP contribution in [0.15, 0.2) is 6.07 Å². The number of carboxylic acids is 1. The van der Waals surface area contributed by atoms with E-state index in [0.717, 1.165) is 11.4 Å². The Hall–Kier alpha value is -1.32. The van der Waals surface area contributed by atoms with Crippen LogP contribution in [-0.4, -0.2) is 20.9 Å². The lowest BCUT2D eigenvalue weighted by Crippen LogP contribution is -2.36. The van der Waals surface area contributed by atoms with Crippen molar-refractivity contribution in [1.82, 2.24) is 9.78 Å². The molecule has 1 unspecified atom stereocenters. The maximum Gasteiger partial charge on any atom is 0.310 e. The third-order valence-electron chi connectivity index (χ3n) is 3.41. The molecule has 0 aliphatic rings. The first kappa shape index (κ1) is 12.7. The molecule has 1 rings (SSSR count). The SMILES string of the molecule is Cc1cc(CC(C)(C(=O)O)C(C)C)n(C)n1. The fraction of sp³-hybridized carbons (Fsp3) is 0.667. The van der Waals surface area contributed by atoms with Gasteiger partial charge >= 0.3 is 5.97 Å². The molecule has 0 spiro atoms. The van der Waals surface area contributed by atoms with E-state index in [1.807, 2.05) is 33.9 Å². The minimum absolute atomic E-state index is 0.0835. The second kappa shape index (κ2) is 4.28. The Morgan fingerprint density at radius 3 is 2.50 bits per heavy atom. The Morgan fingerprint density at radius 1 is 1.62 bits per heavy atom. The molecule has 1 atom stereocenters. The monoisotopic (exact) mass is 224 g/mol. The van der Waals surface area contributed by atoms with Gasteiger partial charge in [0.2, 0.25) is 0 Å². The van der Waals surface area contributed by atoms with Crippen LogP contribution in [0, 0.1) is 18.3 Å². The van der Waals surface area contributed by atoms with Crippen LogP contribution in [-0.2, 0) is 18.3 Å². The van der Waals surface area contributed by atoms with Crippen LogP contribution in [0.1, 0.15) is 32.2 Å². The molecule has 0 amide bonds. The summed E-state index contributed by atoms with van der Waals surface area (Å²) in [4.78, 5) is 11.4. The summed E-state index contributed by atoms with van der Waals surface area (Å²) in [7, 11) is 1.85. The molecule has 0 bridgehead atoms. The van der Waals surface area contributed by atoms with E-state index in [4.69, 9.17) is 0 Å². The average molecular weight is 224 g/mol. The summed E-state index contributed by atoms with van der Waals surface area (Å²) in [6.07, 6.45) is 0.511. The normalized spacial score (nSPS) is 15.1. The number of aliphatic carboxylic acids is 1. The van der Waals surface area contributed by atoms with Gasteiger partial charge in [0.1, 0.15) is 0 Å². The Labute approximate surface area is 96.3 Å². The summed E-state index contributed by atoms with van der Waals surface area (Å²) in [5.74, 6) is -0.665. The van der Waals surface area contributed by atoms with Crippen molar-refractivity contribution in [3.8, 4) is 0 Å². The number of carbonyl (C=O) groups is 1. The van der Waals surface area contributed by atoms with Gasteiger partial charge in [0.15, 0.2) is 0 Å². The molecule has 1 aromatic heterocycles. The smallest absolute Gasteiger partial charge is 0.310 e.